The molecule has 0 saturated carbocycles. The van der Waals surface area contributed by atoms with Crippen LogP contribution in [-0.2, 0) is 17.8 Å². The van der Waals surface area contributed by atoms with Crippen LogP contribution in [0.2, 0.25) is 0 Å². The van der Waals surface area contributed by atoms with Gasteiger partial charge < -0.3 is 33.5 Å². The molecule has 1 aromatic heterocycles. The van der Waals surface area contributed by atoms with Crippen LogP contribution >= 0.6 is 0 Å². The molecule has 0 aliphatic rings. The van der Waals surface area contributed by atoms with Crippen molar-refractivity contribution in [2.45, 2.75) is 104 Å². The first kappa shape index (κ1) is 34.9. The maximum atomic E-state index is 13.2. The first-order valence-corrected chi connectivity index (χ1v) is 14.6. The van der Waals surface area contributed by atoms with Crippen LogP contribution in [0, 0.1) is 0 Å². The number of nitrogens with zero attached hydrogens (tertiary/aromatic N) is 2. The molecule has 0 saturated heterocycles. The largest absolute Gasteiger partial charge is 1.00 e. The molecule has 0 bridgehead atoms. The Morgan fingerprint density at radius 1 is 0.846 bits per heavy atom. The summed E-state index contributed by atoms with van der Waals surface area (Å²) in [5.41, 5.74) is 1.61. The number of benzene rings is 1. The van der Waals surface area contributed by atoms with Crippen LogP contribution in [0.3, 0.4) is 0 Å². The molecule has 2 amide bonds. The summed E-state index contributed by atoms with van der Waals surface area (Å²) >= 11 is 0. The molecule has 2 aromatic rings. The molecule has 0 spiro atoms. The number of imide groups is 1. The van der Waals surface area contributed by atoms with E-state index >= 15 is 0 Å². The molecule has 0 fully saturated rings. The summed E-state index contributed by atoms with van der Waals surface area (Å²) in [4.78, 5) is 26.8. The Kier molecular flexibility index (Phi) is 18.5. The number of pyridine rings is 1. The first-order valence-electron chi connectivity index (χ1n) is 14.6. The quantitative estimate of drug-likeness (QED) is 0.131. The van der Waals surface area contributed by atoms with Crippen LogP contribution in [0.1, 0.15) is 107 Å². The van der Waals surface area contributed by atoms with Crippen molar-refractivity contribution < 1.29 is 47.6 Å². The Balaban J connectivity index is 0.00000760. The van der Waals surface area contributed by atoms with E-state index in [0.29, 0.717) is 36.6 Å². The summed E-state index contributed by atoms with van der Waals surface area (Å²) in [7, 11) is 1.57. The molecular formula is C32H49IN2O4. The van der Waals surface area contributed by atoms with Gasteiger partial charge >= 0.3 is 0 Å². The number of ether oxygens (including phenoxy) is 2. The second kappa shape index (κ2) is 20.7. The number of methoxy groups -OCH3 is 1. The third-order valence-electron chi connectivity index (χ3n) is 6.98. The van der Waals surface area contributed by atoms with E-state index in [4.69, 9.17) is 9.47 Å². The maximum absolute atomic E-state index is 13.2. The van der Waals surface area contributed by atoms with Crippen LogP contribution in [0.15, 0.2) is 42.6 Å². The number of aromatic nitrogens is 1. The fourth-order valence-electron chi connectivity index (χ4n) is 4.71. The molecular weight excluding hydrogens is 603 g/mol. The van der Waals surface area contributed by atoms with Crippen molar-refractivity contribution in [1.82, 2.24) is 4.90 Å². The van der Waals surface area contributed by atoms with Crippen molar-refractivity contribution in [3.63, 3.8) is 0 Å². The number of carbonyl (C=O) groups is 2. The normalized spacial score (nSPS) is 10.6. The Morgan fingerprint density at radius 2 is 1.51 bits per heavy atom. The number of hydrogen-bond acceptors (Lipinski definition) is 4. The lowest BCUT2D eigenvalue weighted by Crippen LogP contribution is -3.00. The number of amides is 2. The van der Waals surface area contributed by atoms with E-state index in [1.807, 2.05) is 12.1 Å². The van der Waals surface area contributed by atoms with Crippen molar-refractivity contribution in [2.75, 3.05) is 20.3 Å². The highest BCUT2D eigenvalue weighted by Crippen LogP contribution is 2.29. The lowest BCUT2D eigenvalue weighted by atomic mass is 10.1. The topological polar surface area (TPSA) is 59.7 Å². The summed E-state index contributed by atoms with van der Waals surface area (Å²) < 4.78 is 13.6. The minimum absolute atomic E-state index is 0. The summed E-state index contributed by atoms with van der Waals surface area (Å²) in [5, 5.41) is 0. The third-order valence-corrected chi connectivity index (χ3v) is 6.98. The Bertz CT molecular complexity index is 982. The van der Waals surface area contributed by atoms with Gasteiger partial charge in [0.2, 0.25) is 5.91 Å². The monoisotopic (exact) mass is 652 g/mol. The molecule has 0 unspecified atom stereocenters. The average Bonchev–Trinajstić information content (AvgIpc) is 2.93. The fourth-order valence-corrected chi connectivity index (χ4v) is 4.71. The zero-order valence-electron chi connectivity index (χ0n) is 24.6. The second-order valence-corrected chi connectivity index (χ2v) is 9.95. The smallest absolute Gasteiger partial charge is 0.260 e. The van der Waals surface area contributed by atoms with Crippen LogP contribution in [0.5, 0.6) is 11.5 Å². The molecule has 0 atom stereocenters. The third kappa shape index (κ3) is 12.7. The maximum Gasteiger partial charge on any atom is 0.260 e. The van der Waals surface area contributed by atoms with Crippen LogP contribution in [0.4, 0.5) is 0 Å². The van der Waals surface area contributed by atoms with Crippen LogP contribution < -0.4 is 38.0 Å². The minimum atomic E-state index is -0.312. The Labute approximate surface area is 253 Å². The van der Waals surface area contributed by atoms with Gasteiger partial charge in [-0.1, -0.05) is 70.8 Å². The highest BCUT2D eigenvalue weighted by Gasteiger charge is 2.21. The van der Waals surface area contributed by atoms with Gasteiger partial charge in [-0.15, -0.1) is 0 Å². The summed E-state index contributed by atoms with van der Waals surface area (Å²) in [6, 6.07) is 11.3. The highest BCUT2D eigenvalue weighted by atomic mass is 127. The predicted molar refractivity (Wildman–Crippen MR) is 153 cm³/mol. The number of carbonyl (C=O) groups excluding carboxylic acids is 2. The van der Waals surface area contributed by atoms with E-state index in [1.54, 1.807) is 25.3 Å². The van der Waals surface area contributed by atoms with Gasteiger partial charge in [-0.3, -0.25) is 14.5 Å². The lowest BCUT2D eigenvalue weighted by molar-refractivity contribution is -0.700. The minimum Gasteiger partial charge on any atom is -1.00 e. The average molecular weight is 653 g/mol. The van der Waals surface area contributed by atoms with Crippen molar-refractivity contribution >= 4 is 11.8 Å². The van der Waals surface area contributed by atoms with Crippen molar-refractivity contribution in [3.05, 3.63) is 53.9 Å². The van der Waals surface area contributed by atoms with E-state index in [9.17, 15) is 9.59 Å². The zero-order valence-corrected chi connectivity index (χ0v) is 26.7. The number of rotatable bonds is 19. The SMILES string of the molecule is CCCCCCCCCCCCOc1ccc(C(=O)N(CCCc2cccc[n+]2CC)C(C)=O)cc1OC.[I-]. The molecule has 0 aliphatic carbocycles. The molecule has 2 rings (SSSR count). The van der Waals surface area contributed by atoms with Gasteiger partial charge in [0.1, 0.15) is 6.54 Å². The van der Waals surface area contributed by atoms with Crippen LogP contribution in [-0.4, -0.2) is 37.0 Å². The van der Waals surface area contributed by atoms with Crippen molar-refractivity contribution in [2.24, 2.45) is 0 Å². The molecule has 39 heavy (non-hydrogen) atoms. The first-order chi connectivity index (χ1) is 18.5. The standard InChI is InChI=1S/C32H49N2O4.HI/c1-5-7-8-9-10-11-12-13-14-17-25-38-30-22-21-28(26-31(30)37-4)32(36)34(27(3)35)24-18-20-29-19-15-16-23-33(29)6-2;/h15-16,19,21-23,26H,5-14,17-18,20,24-25H2,1-4H3;1H/q+1;/p-1. The van der Waals surface area contributed by atoms with Gasteiger partial charge in [0.25, 0.3) is 5.91 Å². The zero-order chi connectivity index (χ0) is 27.6. The summed E-state index contributed by atoms with van der Waals surface area (Å²) in [6.45, 7) is 7.67. The molecule has 7 heteroatoms. The van der Waals surface area contributed by atoms with Gasteiger partial charge in [0.15, 0.2) is 23.4 Å². The van der Waals surface area contributed by atoms with Gasteiger partial charge in [0, 0.05) is 37.6 Å². The van der Waals surface area contributed by atoms with E-state index in [1.165, 1.54) is 68.9 Å². The summed E-state index contributed by atoms with van der Waals surface area (Å²) in [6.07, 6.45) is 16.3. The number of halogens is 1. The number of unbranched alkanes of at least 4 members (excludes halogenated alkanes) is 9. The Morgan fingerprint density at radius 3 is 2.13 bits per heavy atom. The van der Waals surface area contributed by atoms with E-state index < -0.39 is 0 Å². The van der Waals surface area contributed by atoms with Gasteiger partial charge in [-0.2, -0.15) is 0 Å². The molecule has 0 N–H and O–H groups in total. The molecule has 0 radical (unpaired) electrons. The Hall–Kier alpha value is -2.16. The predicted octanol–water partition coefficient (Wildman–Crippen LogP) is 3.93. The fraction of sp³-hybridized carbons (Fsp3) is 0.594. The molecule has 218 valence electrons. The second-order valence-electron chi connectivity index (χ2n) is 9.95. The van der Waals surface area contributed by atoms with E-state index in [2.05, 4.69) is 30.7 Å². The lowest BCUT2D eigenvalue weighted by Gasteiger charge is -2.20. The van der Waals surface area contributed by atoms with Gasteiger partial charge in [-0.25, -0.2) is 4.57 Å². The summed E-state index contributed by atoms with van der Waals surface area (Å²) in [5.74, 6) is 0.572. The number of hydrogen-bond donors (Lipinski definition) is 0. The number of aryl methyl sites for hydroxylation is 2. The van der Waals surface area contributed by atoms with E-state index in [-0.39, 0.29) is 35.8 Å². The van der Waals surface area contributed by atoms with Crippen molar-refractivity contribution in [1.29, 1.82) is 0 Å². The molecule has 1 aromatic carbocycles. The molecule has 1 heterocycles. The van der Waals surface area contributed by atoms with Crippen molar-refractivity contribution in [3.8, 4) is 11.5 Å². The van der Waals surface area contributed by atoms with Gasteiger partial charge in [0.05, 0.1) is 13.7 Å². The van der Waals surface area contributed by atoms with Gasteiger partial charge in [-0.05, 0) is 38.0 Å². The molecule has 6 nitrogen and oxygen atoms in total. The van der Waals surface area contributed by atoms with E-state index in [0.717, 1.165) is 25.8 Å². The highest BCUT2D eigenvalue weighted by molar-refractivity contribution is 6.04. The van der Waals surface area contributed by atoms with Crippen LogP contribution in [0.25, 0.3) is 0 Å². The molecule has 0 aliphatic heterocycles.